The van der Waals surface area contributed by atoms with E-state index in [1.807, 2.05) is 13.0 Å². The Balaban J connectivity index is 1.84. The summed E-state index contributed by atoms with van der Waals surface area (Å²) in [7, 11) is 0. The zero-order valence-electron chi connectivity index (χ0n) is 10.5. The number of carbonyl (C=O) groups excluding carboxylic acids is 1. The van der Waals surface area contributed by atoms with Crippen molar-refractivity contribution < 1.29 is 9.21 Å². The van der Waals surface area contributed by atoms with E-state index in [1.165, 1.54) is 0 Å². The van der Waals surface area contributed by atoms with Crippen LogP contribution in [0.15, 0.2) is 16.5 Å². The van der Waals surface area contributed by atoms with E-state index in [0.29, 0.717) is 5.76 Å². The first-order chi connectivity index (χ1) is 8.19. The van der Waals surface area contributed by atoms with Crippen LogP contribution in [0.5, 0.6) is 0 Å². The Bertz CT molecular complexity index is 379. The van der Waals surface area contributed by atoms with Crippen LogP contribution in [-0.4, -0.2) is 36.5 Å². The van der Waals surface area contributed by atoms with Crippen LogP contribution in [0, 0.1) is 6.92 Å². The number of furan rings is 1. The standard InChI is InChI=1S/C13H20N2O2/c1-3-15-8-6-11(7-9-15)14-13(16)12-5-4-10(2)17-12/h4-5,11H,3,6-9H2,1-2H3,(H,14,16). The van der Waals surface area contributed by atoms with Crippen LogP contribution in [0.25, 0.3) is 0 Å². The molecule has 17 heavy (non-hydrogen) atoms. The van der Waals surface area contributed by atoms with Gasteiger partial charge in [-0.3, -0.25) is 4.79 Å². The van der Waals surface area contributed by atoms with E-state index in [2.05, 4.69) is 17.1 Å². The molecule has 0 bridgehead atoms. The lowest BCUT2D eigenvalue weighted by Crippen LogP contribution is -2.44. The Morgan fingerprint density at radius 1 is 1.47 bits per heavy atom. The van der Waals surface area contributed by atoms with Gasteiger partial charge in [-0.1, -0.05) is 6.92 Å². The first-order valence-corrected chi connectivity index (χ1v) is 6.28. The van der Waals surface area contributed by atoms with Gasteiger partial charge in [-0.15, -0.1) is 0 Å². The molecule has 4 nitrogen and oxygen atoms in total. The fourth-order valence-electron chi connectivity index (χ4n) is 2.21. The number of carbonyl (C=O) groups is 1. The number of piperidine rings is 1. The van der Waals surface area contributed by atoms with Gasteiger partial charge in [-0.05, 0) is 38.4 Å². The summed E-state index contributed by atoms with van der Waals surface area (Å²) in [5.41, 5.74) is 0. The zero-order valence-corrected chi connectivity index (χ0v) is 10.5. The maximum atomic E-state index is 11.9. The maximum Gasteiger partial charge on any atom is 0.287 e. The van der Waals surface area contributed by atoms with Crippen LogP contribution >= 0.6 is 0 Å². The van der Waals surface area contributed by atoms with E-state index < -0.39 is 0 Å². The van der Waals surface area contributed by atoms with Crippen molar-refractivity contribution in [2.45, 2.75) is 32.7 Å². The second-order valence-corrected chi connectivity index (χ2v) is 4.59. The average Bonchev–Trinajstić information content (AvgIpc) is 2.77. The van der Waals surface area contributed by atoms with E-state index in [4.69, 9.17) is 4.42 Å². The molecule has 1 N–H and O–H groups in total. The summed E-state index contributed by atoms with van der Waals surface area (Å²) >= 11 is 0. The number of nitrogens with zero attached hydrogens (tertiary/aromatic N) is 1. The lowest BCUT2D eigenvalue weighted by molar-refractivity contribution is 0.0883. The van der Waals surface area contributed by atoms with Crippen molar-refractivity contribution in [1.29, 1.82) is 0 Å². The Labute approximate surface area is 102 Å². The van der Waals surface area contributed by atoms with Crippen molar-refractivity contribution in [3.05, 3.63) is 23.7 Å². The third kappa shape index (κ3) is 3.09. The number of rotatable bonds is 3. The van der Waals surface area contributed by atoms with Gasteiger partial charge in [0, 0.05) is 19.1 Å². The SMILES string of the molecule is CCN1CCC(NC(=O)c2ccc(C)o2)CC1. The minimum atomic E-state index is -0.0898. The smallest absolute Gasteiger partial charge is 0.287 e. The third-order valence-electron chi connectivity index (χ3n) is 3.33. The molecule has 94 valence electrons. The summed E-state index contributed by atoms with van der Waals surface area (Å²) in [5, 5.41) is 3.03. The number of likely N-dealkylation sites (tertiary alicyclic amines) is 1. The summed E-state index contributed by atoms with van der Waals surface area (Å²) in [4.78, 5) is 14.3. The monoisotopic (exact) mass is 236 g/mol. The molecule has 1 fully saturated rings. The summed E-state index contributed by atoms with van der Waals surface area (Å²) in [6.45, 7) is 7.25. The molecule has 0 radical (unpaired) electrons. The van der Waals surface area contributed by atoms with Gasteiger partial charge in [-0.25, -0.2) is 0 Å². The van der Waals surface area contributed by atoms with Gasteiger partial charge in [0.25, 0.3) is 5.91 Å². The van der Waals surface area contributed by atoms with Gasteiger partial charge in [0.2, 0.25) is 0 Å². The van der Waals surface area contributed by atoms with E-state index in [-0.39, 0.29) is 11.9 Å². The molecule has 1 saturated heterocycles. The van der Waals surface area contributed by atoms with Gasteiger partial charge < -0.3 is 14.6 Å². The first-order valence-electron chi connectivity index (χ1n) is 6.28. The molecule has 1 aliphatic rings. The zero-order chi connectivity index (χ0) is 12.3. The minimum absolute atomic E-state index is 0.0898. The summed E-state index contributed by atoms with van der Waals surface area (Å²) < 4.78 is 5.31. The van der Waals surface area contributed by atoms with Gasteiger partial charge in [0.15, 0.2) is 5.76 Å². The van der Waals surface area contributed by atoms with Crippen molar-refractivity contribution in [1.82, 2.24) is 10.2 Å². The van der Waals surface area contributed by atoms with E-state index >= 15 is 0 Å². The lowest BCUT2D eigenvalue weighted by Gasteiger charge is -2.31. The Hall–Kier alpha value is -1.29. The molecule has 0 unspecified atom stereocenters. The van der Waals surface area contributed by atoms with Crippen molar-refractivity contribution in [2.75, 3.05) is 19.6 Å². The Kier molecular flexibility index (Phi) is 3.84. The lowest BCUT2D eigenvalue weighted by atomic mass is 10.1. The molecule has 0 saturated carbocycles. The number of amides is 1. The van der Waals surface area contributed by atoms with E-state index in [0.717, 1.165) is 38.2 Å². The largest absolute Gasteiger partial charge is 0.456 e. The van der Waals surface area contributed by atoms with E-state index in [9.17, 15) is 4.79 Å². The van der Waals surface area contributed by atoms with Crippen molar-refractivity contribution >= 4 is 5.91 Å². The molecule has 1 amide bonds. The Morgan fingerprint density at radius 3 is 2.71 bits per heavy atom. The molecule has 0 aliphatic carbocycles. The van der Waals surface area contributed by atoms with Gasteiger partial charge in [0.05, 0.1) is 0 Å². The quantitative estimate of drug-likeness (QED) is 0.870. The molecule has 4 heteroatoms. The highest BCUT2D eigenvalue weighted by molar-refractivity contribution is 5.91. The van der Waals surface area contributed by atoms with Crippen LogP contribution in [0.2, 0.25) is 0 Å². The highest BCUT2D eigenvalue weighted by Crippen LogP contribution is 2.12. The van der Waals surface area contributed by atoms with Gasteiger partial charge in [-0.2, -0.15) is 0 Å². The predicted octanol–water partition coefficient (Wildman–Crippen LogP) is 1.80. The predicted molar refractivity (Wildman–Crippen MR) is 66.0 cm³/mol. The van der Waals surface area contributed by atoms with Crippen LogP contribution in [0.3, 0.4) is 0 Å². The fraction of sp³-hybridized carbons (Fsp3) is 0.615. The molecule has 0 atom stereocenters. The highest BCUT2D eigenvalue weighted by atomic mass is 16.3. The van der Waals surface area contributed by atoms with E-state index in [1.54, 1.807) is 6.07 Å². The molecular weight excluding hydrogens is 216 g/mol. The second kappa shape index (κ2) is 5.36. The summed E-state index contributed by atoms with van der Waals surface area (Å²) in [6.07, 6.45) is 2.05. The van der Waals surface area contributed by atoms with Gasteiger partial charge in [0.1, 0.15) is 5.76 Å². The topological polar surface area (TPSA) is 45.5 Å². The molecule has 0 aromatic carbocycles. The number of hydrogen-bond donors (Lipinski definition) is 1. The molecular formula is C13H20N2O2. The van der Waals surface area contributed by atoms with Crippen LogP contribution in [0.1, 0.15) is 36.1 Å². The summed E-state index contributed by atoms with van der Waals surface area (Å²) in [5.74, 6) is 1.10. The third-order valence-corrected chi connectivity index (χ3v) is 3.33. The average molecular weight is 236 g/mol. The molecule has 2 heterocycles. The van der Waals surface area contributed by atoms with Crippen molar-refractivity contribution in [3.63, 3.8) is 0 Å². The second-order valence-electron chi connectivity index (χ2n) is 4.59. The number of hydrogen-bond acceptors (Lipinski definition) is 3. The normalized spacial score (nSPS) is 18.2. The highest BCUT2D eigenvalue weighted by Gasteiger charge is 2.21. The van der Waals surface area contributed by atoms with Crippen LogP contribution in [-0.2, 0) is 0 Å². The van der Waals surface area contributed by atoms with Crippen LogP contribution < -0.4 is 5.32 Å². The van der Waals surface area contributed by atoms with Crippen molar-refractivity contribution in [2.24, 2.45) is 0 Å². The fourth-order valence-corrected chi connectivity index (χ4v) is 2.21. The van der Waals surface area contributed by atoms with Gasteiger partial charge >= 0.3 is 0 Å². The molecule has 1 aromatic rings. The number of aryl methyl sites for hydroxylation is 1. The Morgan fingerprint density at radius 2 is 2.18 bits per heavy atom. The molecule has 0 spiro atoms. The first kappa shape index (κ1) is 12.2. The maximum absolute atomic E-state index is 11.9. The summed E-state index contributed by atoms with van der Waals surface area (Å²) in [6, 6.07) is 3.83. The molecule has 2 rings (SSSR count). The van der Waals surface area contributed by atoms with Crippen molar-refractivity contribution in [3.8, 4) is 0 Å². The van der Waals surface area contributed by atoms with Crippen LogP contribution in [0.4, 0.5) is 0 Å². The molecule has 1 aliphatic heterocycles. The molecule has 1 aromatic heterocycles. The number of nitrogens with one attached hydrogen (secondary N) is 1. The minimum Gasteiger partial charge on any atom is -0.456 e.